The predicted molar refractivity (Wildman–Crippen MR) is 111 cm³/mol. The number of unbranched alkanes of at least 4 members (excludes halogenated alkanes) is 3. The summed E-state index contributed by atoms with van der Waals surface area (Å²) in [6.45, 7) is 6.87. The second-order valence-corrected chi connectivity index (χ2v) is 8.07. The van der Waals surface area contributed by atoms with E-state index in [4.69, 9.17) is 4.74 Å². The van der Waals surface area contributed by atoms with Crippen molar-refractivity contribution in [2.24, 2.45) is 0 Å². The van der Waals surface area contributed by atoms with Gasteiger partial charge in [-0.3, -0.25) is 0 Å². The Morgan fingerprint density at radius 3 is 2.36 bits per heavy atom. The molecule has 5 nitrogen and oxygen atoms in total. The normalized spacial score (nSPS) is 11.2. The number of hydrogen-bond donors (Lipinski definition) is 0. The molecule has 1 aromatic heterocycles. The smallest absolute Gasteiger partial charge is 0.410 e. The second kappa shape index (κ2) is 10.7. The molecule has 2 aromatic rings. The van der Waals surface area contributed by atoms with E-state index in [0.717, 1.165) is 48.1 Å². The molecule has 0 fully saturated rings. The van der Waals surface area contributed by atoms with Gasteiger partial charge in [0.25, 0.3) is 0 Å². The quantitative estimate of drug-likeness (QED) is 0.352. The number of pyridine rings is 1. The number of carbonyl (C=O) groups is 1. The van der Waals surface area contributed by atoms with Crippen molar-refractivity contribution in [1.82, 2.24) is 4.90 Å². The Morgan fingerprint density at radius 1 is 1.00 bits per heavy atom. The van der Waals surface area contributed by atoms with E-state index in [-0.39, 0.29) is 6.09 Å². The number of nitrogens with zero attached hydrogens (tertiary/aromatic N) is 2. The van der Waals surface area contributed by atoms with Gasteiger partial charge in [-0.2, -0.15) is 4.73 Å². The summed E-state index contributed by atoms with van der Waals surface area (Å²) in [7, 11) is 0. The molecule has 0 spiro atoms. The summed E-state index contributed by atoms with van der Waals surface area (Å²) in [6, 6.07) is 15.5. The van der Waals surface area contributed by atoms with Crippen LogP contribution in [0.5, 0.6) is 0 Å². The number of ether oxygens (including phenoxy) is 1. The molecule has 0 radical (unpaired) electrons. The molecule has 5 heteroatoms. The molecule has 2 rings (SSSR count). The summed E-state index contributed by atoms with van der Waals surface area (Å²) in [5.41, 5.74) is 1.40. The first-order chi connectivity index (χ1) is 13.3. The van der Waals surface area contributed by atoms with E-state index >= 15 is 0 Å². The van der Waals surface area contributed by atoms with E-state index in [1.54, 1.807) is 11.0 Å². The fraction of sp³-hybridized carbons (Fsp3) is 0.478. The summed E-state index contributed by atoms with van der Waals surface area (Å²) < 4.78 is 6.51. The molecule has 0 aliphatic heterocycles. The lowest BCUT2D eigenvalue weighted by atomic mass is 10.1. The molecule has 1 heterocycles. The van der Waals surface area contributed by atoms with Gasteiger partial charge in [0.15, 0.2) is 11.9 Å². The van der Waals surface area contributed by atoms with E-state index in [2.05, 4.69) is 0 Å². The zero-order valence-electron chi connectivity index (χ0n) is 17.3. The number of aromatic nitrogens is 1. The summed E-state index contributed by atoms with van der Waals surface area (Å²) in [4.78, 5) is 14.4. The van der Waals surface area contributed by atoms with Gasteiger partial charge in [0.05, 0.1) is 0 Å². The maximum Gasteiger partial charge on any atom is 0.410 e. The van der Waals surface area contributed by atoms with Crippen LogP contribution in [-0.4, -0.2) is 23.1 Å². The molecule has 0 saturated carbocycles. The van der Waals surface area contributed by atoms with Gasteiger partial charge in [-0.1, -0.05) is 49.2 Å². The van der Waals surface area contributed by atoms with Crippen molar-refractivity contribution in [1.29, 1.82) is 0 Å². The minimum Gasteiger partial charge on any atom is -0.619 e. The van der Waals surface area contributed by atoms with Crippen LogP contribution in [0.1, 0.15) is 57.7 Å². The van der Waals surface area contributed by atoms with Crippen molar-refractivity contribution in [2.75, 3.05) is 6.54 Å². The largest absolute Gasteiger partial charge is 0.619 e. The van der Waals surface area contributed by atoms with Crippen LogP contribution in [0.4, 0.5) is 4.79 Å². The van der Waals surface area contributed by atoms with E-state index in [9.17, 15) is 10.0 Å². The van der Waals surface area contributed by atoms with E-state index in [1.807, 2.05) is 63.2 Å². The highest BCUT2D eigenvalue weighted by molar-refractivity contribution is 5.68. The Kier molecular flexibility index (Phi) is 8.30. The average Bonchev–Trinajstić information content (AvgIpc) is 2.64. The lowest BCUT2D eigenvalue weighted by molar-refractivity contribution is -0.614. The highest BCUT2D eigenvalue weighted by Crippen LogP contribution is 2.14. The summed E-state index contributed by atoms with van der Waals surface area (Å²) in [5, 5.41) is 11.6. The molecule has 0 atom stereocenters. The molecule has 1 aromatic carbocycles. The Bertz CT molecular complexity index is 726. The van der Waals surface area contributed by atoms with Crippen molar-refractivity contribution >= 4 is 6.09 Å². The van der Waals surface area contributed by atoms with Crippen LogP contribution in [0.2, 0.25) is 0 Å². The van der Waals surface area contributed by atoms with Gasteiger partial charge < -0.3 is 14.8 Å². The van der Waals surface area contributed by atoms with Crippen LogP contribution in [0.25, 0.3) is 0 Å². The van der Waals surface area contributed by atoms with Crippen molar-refractivity contribution in [3.05, 3.63) is 71.2 Å². The van der Waals surface area contributed by atoms with Crippen LogP contribution in [0.15, 0.2) is 54.7 Å². The van der Waals surface area contributed by atoms with Crippen LogP contribution in [-0.2, 0) is 17.7 Å². The molecular formula is C23H32N2O3. The zero-order chi connectivity index (χ0) is 20.4. The monoisotopic (exact) mass is 384 g/mol. The third-order valence-electron chi connectivity index (χ3n) is 4.38. The maximum atomic E-state index is 12.6. The minimum atomic E-state index is -0.505. The predicted octanol–water partition coefficient (Wildman–Crippen LogP) is 4.86. The molecule has 1 amide bonds. The fourth-order valence-electron chi connectivity index (χ4n) is 2.98. The molecule has 0 unspecified atom stereocenters. The summed E-state index contributed by atoms with van der Waals surface area (Å²) in [6.07, 6.45) is 5.98. The van der Waals surface area contributed by atoms with Gasteiger partial charge in [0.1, 0.15) is 5.60 Å². The molecular weight excluding hydrogens is 352 g/mol. The van der Waals surface area contributed by atoms with Gasteiger partial charge >= 0.3 is 6.09 Å². The van der Waals surface area contributed by atoms with Gasteiger partial charge in [0, 0.05) is 31.6 Å². The Hall–Kier alpha value is -2.56. The third kappa shape index (κ3) is 7.99. The first-order valence-electron chi connectivity index (χ1n) is 10.0. The first-order valence-corrected chi connectivity index (χ1v) is 10.0. The number of carbonyl (C=O) groups excluding carboxylic acids is 1. The average molecular weight is 385 g/mol. The van der Waals surface area contributed by atoms with Gasteiger partial charge in [0.2, 0.25) is 0 Å². The lowest BCUT2D eigenvalue weighted by Gasteiger charge is -2.27. The number of amides is 1. The minimum absolute atomic E-state index is 0.270. The zero-order valence-corrected chi connectivity index (χ0v) is 17.3. The van der Waals surface area contributed by atoms with Crippen LogP contribution >= 0.6 is 0 Å². The molecule has 28 heavy (non-hydrogen) atoms. The molecule has 0 N–H and O–H groups in total. The SMILES string of the molecule is CC(C)(C)OC(=O)N(CCCCCCc1cccc[n+]1[O-])Cc1ccccc1. The van der Waals surface area contributed by atoms with Gasteiger partial charge in [-0.05, 0) is 39.2 Å². The van der Waals surface area contributed by atoms with Crippen molar-refractivity contribution < 1.29 is 14.3 Å². The van der Waals surface area contributed by atoms with E-state index < -0.39 is 5.60 Å². The van der Waals surface area contributed by atoms with Crippen LogP contribution in [0, 0.1) is 5.21 Å². The third-order valence-corrected chi connectivity index (χ3v) is 4.38. The highest BCUT2D eigenvalue weighted by Gasteiger charge is 2.22. The number of hydrogen-bond acceptors (Lipinski definition) is 3. The highest BCUT2D eigenvalue weighted by atomic mass is 16.6. The fourth-order valence-corrected chi connectivity index (χ4v) is 2.98. The van der Waals surface area contributed by atoms with Crippen molar-refractivity contribution in [3.63, 3.8) is 0 Å². The molecule has 152 valence electrons. The second-order valence-electron chi connectivity index (χ2n) is 8.07. The number of benzene rings is 1. The van der Waals surface area contributed by atoms with Gasteiger partial charge in [-0.15, -0.1) is 0 Å². The number of aryl methyl sites for hydroxylation is 1. The summed E-state index contributed by atoms with van der Waals surface area (Å²) >= 11 is 0. The summed E-state index contributed by atoms with van der Waals surface area (Å²) in [5.74, 6) is 0. The first kappa shape index (κ1) is 21.7. The van der Waals surface area contributed by atoms with Crippen LogP contribution < -0.4 is 4.73 Å². The maximum absolute atomic E-state index is 12.6. The van der Waals surface area contributed by atoms with Crippen molar-refractivity contribution in [2.45, 2.75) is 65.0 Å². The Labute approximate surface area is 168 Å². The van der Waals surface area contributed by atoms with Gasteiger partial charge in [-0.25, -0.2) is 4.79 Å². The molecule has 0 aliphatic carbocycles. The van der Waals surface area contributed by atoms with E-state index in [0.29, 0.717) is 13.1 Å². The van der Waals surface area contributed by atoms with Crippen LogP contribution in [0.3, 0.4) is 0 Å². The lowest BCUT2D eigenvalue weighted by Crippen LogP contribution is -2.37. The molecule has 0 bridgehead atoms. The standard InChI is InChI=1S/C23H32N2O3/c1-23(2,3)28-22(26)24(19-20-13-7-6-8-14-20)17-11-5-4-9-15-21-16-10-12-18-25(21)27/h6-8,10,12-14,16,18H,4-5,9,11,15,17,19H2,1-3H3. The Morgan fingerprint density at radius 2 is 1.68 bits per heavy atom. The van der Waals surface area contributed by atoms with E-state index in [1.165, 1.54) is 6.20 Å². The molecule has 0 aliphatic rings. The number of rotatable bonds is 9. The topological polar surface area (TPSA) is 56.5 Å². The van der Waals surface area contributed by atoms with Crippen molar-refractivity contribution in [3.8, 4) is 0 Å². The molecule has 0 saturated heterocycles. The Balaban J connectivity index is 1.79.